The third kappa shape index (κ3) is 3.66. The van der Waals surface area contributed by atoms with Gasteiger partial charge >= 0.3 is 0 Å². The van der Waals surface area contributed by atoms with E-state index >= 15 is 0 Å². The predicted molar refractivity (Wildman–Crippen MR) is 136 cm³/mol. The molecule has 3 N–H and O–H groups in total. The number of anilines is 2. The molecular weight excluding hydrogens is 429 g/mol. The average Bonchev–Trinajstić information content (AvgIpc) is 3.48. The largest absolute Gasteiger partial charge is 0.388 e. The number of aromatic nitrogens is 4. The molecule has 0 unspecified atom stereocenters. The summed E-state index contributed by atoms with van der Waals surface area (Å²) in [6.45, 7) is 4.18. The second-order valence-electron chi connectivity index (χ2n) is 8.84. The first-order valence-electron chi connectivity index (χ1n) is 11.5. The average molecular weight is 456 g/mol. The lowest BCUT2D eigenvalue weighted by Gasteiger charge is -2.34. The third-order valence-corrected chi connectivity index (χ3v) is 6.60. The summed E-state index contributed by atoms with van der Waals surface area (Å²) >= 11 is 0. The van der Waals surface area contributed by atoms with Crippen LogP contribution >= 0.6 is 0 Å². The highest BCUT2D eigenvalue weighted by atomic mass is 19.1. The van der Waals surface area contributed by atoms with Gasteiger partial charge in [0, 0.05) is 50.2 Å². The highest BCUT2D eigenvalue weighted by molar-refractivity contribution is 5.87. The van der Waals surface area contributed by atoms with E-state index < -0.39 is 0 Å². The highest BCUT2D eigenvalue weighted by Crippen LogP contribution is 2.29. The molecule has 0 atom stereocenters. The molecule has 172 valence electrons. The molecule has 3 aromatic carbocycles. The molecule has 1 fully saturated rings. The van der Waals surface area contributed by atoms with Crippen LogP contribution in [0.4, 0.5) is 15.8 Å². The molecular formula is C26H26FN7. The number of rotatable bonds is 4. The normalized spacial score (nSPS) is 14.9. The lowest BCUT2D eigenvalue weighted by Crippen LogP contribution is -2.44. The van der Waals surface area contributed by atoms with Crippen LogP contribution in [0.25, 0.3) is 44.8 Å². The molecule has 1 aliphatic rings. The van der Waals surface area contributed by atoms with Gasteiger partial charge in [0.2, 0.25) is 0 Å². The summed E-state index contributed by atoms with van der Waals surface area (Å²) in [7, 11) is 3.97. The van der Waals surface area contributed by atoms with Gasteiger partial charge in [-0.15, -0.1) is 0 Å². The summed E-state index contributed by atoms with van der Waals surface area (Å²) in [6.07, 6.45) is 0. The van der Waals surface area contributed by atoms with Crippen molar-refractivity contribution in [2.24, 2.45) is 0 Å². The van der Waals surface area contributed by atoms with Gasteiger partial charge in [-0.05, 0) is 61.6 Å². The number of nitrogens with zero attached hydrogens (tertiary/aromatic N) is 4. The molecule has 6 rings (SSSR count). The molecule has 0 amide bonds. The minimum Gasteiger partial charge on any atom is -0.388 e. The second kappa shape index (κ2) is 8.14. The van der Waals surface area contributed by atoms with E-state index in [2.05, 4.69) is 55.3 Å². The maximum atomic E-state index is 14.5. The number of likely N-dealkylation sites (N-methyl/N-ethyl adjacent to an activating group) is 1. The molecule has 0 spiro atoms. The van der Waals surface area contributed by atoms with Crippen LogP contribution in [0, 0.1) is 5.82 Å². The number of imidazole rings is 2. The van der Waals surface area contributed by atoms with Gasteiger partial charge in [0.1, 0.15) is 17.5 Å². The molecule has 34 heavy (non-hydrogen) atoms. The van der Waals surface area contributed by atoms with Gasteiger partial charge in [0.25, 0.3) is 0 Å². The molecule has 3 heterocycles. The van der Waals surface area contributed by atoms with Gasteiger partial charge in [-0.2, -0.15) is 0 Å². The predicted octanol–water partition coefficient (Wildman–Crippen LogP) is 4.71. The van der Waals surface area contributed by atoms with Crippen LogP contribution in [0.1, 0.15) is 0 Å². The summed E-state index contributed by atoms with van der Waals surface area (Å²) in [5, 5.41) is 3.04. The molecule has 0 aliphatic carbocycles. The van der Waals surface area contributed by atoms with Gasteiger partial charge in [-0.1, -0.05) is 0 Å². The van der Waals surface area contributed by atoms with E-state index in [1.165, 1.54) is 11.8 Å². The standard InChI is InChI=1S/C26H26FN7/c1-28-17-4-6-20(27)19(14-17)26-30-21-7-3-16(13-23(21)32-26)25-29-22-8-5-18(15-24(22)31-25)34-11-9-33(2)10-12-34/h3-8,13-15,28H,9-12H2,1-2H3,(H,29,31)(H,30,32). The fraction of sp³-hybridized carbons (Fsp3) is 0.231. The Morgan fingerprint density at radius 3 is 2.32 bits per heavy atom. The van der Waals surface area contributed by atoms with Crippen LogP contribution in [0.15, 0.2) is 54.6 Å². The topological polar surface area (TPSA) is 75.9 Å². The Morgan fingerprint density at radius 2 is 1.53 bits per heavy atom. The number of benzene rings is 3. The van der Waals surface area contributed by atoms with Crippen LogP contribution in [-0.2, 0) is 0 Å². The minimum absolute atomic E-state index is 0.313. The Balaban J connectivity index is 1.33. The van der Waals surface area contributed by atoms with Crippen molar-refractivity contribution in [3.63, 3.8) is 0 Å². The number of H-pyrrole nitrogens is 2. The number of nitrogens with one attached hydrogen (secondary N) is 3. The molecule has 0 saturated carbocycles. The van der Waals surface area contributed by atoms with Crippen molar-refractivity contribution in [2.75, 3.05) is 50.5 Å². The number of piperazine rings is 1. The molecule has 8 heteroatoms. The van der Waals surface area contributed by atoms with Crippen LogP contribution in [-0.4, -0.2) is 65.1 Å². The molecule has 0 bridgehead atoms. The van der Waals surface area contributed by atoms with E-state index in [1.54, 1.807) is 12.1 Å². The number of hydrogen-bond acceptors (Lipinski definition) is 5. The molecule has 2 aromatic heterocycles. The van der Waals surface area contributed by atoms with Crippen LogP contribution < -0.4 is 10.2 Å². The smallest absolute Gasteiger partial charge is 0.141 e. The van der Waals surface area contributed by atoms with Crippen molar-refractivity contribution < 1.29 is 4.39 Å². The number of hydrogen-bond donors (Lipinski definition) is 3. The van der Waals surface area contributed by atoms with Crippen molar-refractivity contribution in [1.29, 1.82) is 0 Å². The van der Waals surface area contributed by atoms with Crippen molar-refractivity contribution in [3.8, 4) is 22.8 Å². The summed E-state index contributed by atoms with van der Waals surface area (Å²) in [4.78, 5) is 21.0. The van der Waals surface area contributed by atoms with E-state index in [-0.39, 0.29) is 5.82 Å². The fourth-order valence-corrected chi connectivity index (χ4v) is 4.54. The highest BCUT2D eigenvalue weighted by Gasteiger charge is 2.16. The lowest BCUT2D eigenvalue weighted by atomic mass is 10.2. The van der Waals surface area contributed by atoms with Crippen molar-refractivity contribution in [3.05, 3.63) is 60.4 Å². The summed E-state index contributed by atoms with van der Waals surface area (Å²) < 4.78 is 14.5. The minimum atomic E-state index is -0.313. The van der Waals surface area contributed by atoms with Gasteiger partial charge < -0.3 is 25.1 Å². The van der Waals surface area contributed by atoms with E-state index in [9.17, 15) is 4.39 Å². The maximum Gasteiger partial charge on any atom is 0.141 e. The van der Waals surface area contributed by atoms with Gasteiger partial charge in [-0.3, -0.25) is 0 Å². The zero-order valence-electron chi connectivity index (χ0n) is 19.2. The molecule has 1 aliphatic heterocycles. The second-order valence-corrected chi connectivity index (χ2v) is 8.84. The summed E-state index contributed by atoms with van der Waals surface area (Å²) in [6, 6.07) is 17.3. The summed E-state index contributed by atoms with van der Waals surface area (Å²) in [5.41, 5.74) is 6.97. The first kappa shape index (κ1) is 20.7. The van der Waals surface area contributed by atoms with E-state index in [1.807, 2.05) is 25.2 Å². The van der Waals surface area contributed by atoms with Crippen molar-refractivity contribution in [2.45, 2.75) is 0 Å². The van der Waals surface area contributed by atoms with Gasteiger partial charge in [0.15, 0.2) is 0 Å². The first-order chi connectivity index (χ1) is 16.6. The zero-order chi connectivity index (χ0) is 23.2. The van der Waals surface area contributed by atoms with Crippen LogP contribution in [0.5, 0.6) is 0 Å². The Labute approximate surface area is 196 Å². The number of halogens is 1. The summed E-state index contributed by atoms with van der Waals surface area (Å²) in [5.74, 6) is 0.982. The quantitative estimate of drug-likeness (QED) is 0.366. The Morgan fingerprint density at radius 1 is 0.824 bits per heavy atom. The monoisotopic (exact) mass is 455 g/mol. The van der Waals surface area contributed by atoms with Crippen molar-refractivity contribution in [1.82, 2.24) is 24.8 Å². The van der Waals surface area contributed by atoms with Gasteiger partial charge in [0.05, 0.1) is 27.6 Å². The number of fused-ring (bicyclic) bond motifs is 2. The van der Waals surface area contributed by atoms with E-state index in [0.29, 0.717) is 11.4 Å². The molecule has 7 nitrogen and oxygen atoms in total. The maximum absolute atomic E-state index is 14.5. The van der Waals surface area contributed by atoms with Crippen molar-refractivity contribution >= 4 is 33.4 Å². The van der Waals surface area contributed by atoms with E-state index in [0.717, 1.165) is 65.3 Å². The third-order valence-electron chi connectivity index (χ3n) is 6.60. The molecule has 0 radical (unpaired) electrons. The Bertz CT molecular complexity index is 1490. The zero-order valence-corrected chi connectivity index (χ0v) is 19.2. The van der Waals surface area contributed by atoms with E-state index in [4.69, 9.17) is 4.98 Å². The molecule has 5 aromatic rings. The Kier molecular flexibility index (Phi) is 4.95. The molecule has 1 saturated heterocycles. The van der Waals surface area contributed by atoms with Gasteiger partial charge in [-0.25, -0.2) is 14.4 Å². The fourth-order valence-electron chi connectivity index (χ4n) is 4.54. The Hall–Kier alpha value is -3.91. The first-order valence-corrected chi connectivity index (χ1v) is 11.5. The van der Waals surface area contributed by atoms with Crippen LogP contribution in [0.2, 0.25) is 0 Å². The number of aromatic amines is 2. The SMILES string of the molecule is CNc1ccc(F)c(-c2nc3cc(-c4nc5cc(N6CCN(C)CC6)ccc5[nH]4)ccc3[nH]2)c1. The van der Waals surface area contributed by atoms with Crippen LogP contribution in [0.3, 0.4) is 0 Å². The lowest BCUT2D eigenvalue weighted by molar-refractivity contribution is 0.313.